The lowest BCUT2D eigenvalue weighted by molar-refractivity contribution is 0.161. The molecule has 86 valence electrons. The fourth-order valence-corrected chi connectivity index (χ4v) is 2.22. The molecule has 1 aliphatic heterocycles. The zero-order chi connectivity index (χ0) is 11.7. The molecule has 2 N–H and O–H groups in total. The van der Waals surface area contributed by atoms with Crippen LogP contribution in [0, 0.1) is 0 Å². The van der Waals surface area contributed by atoms with E-state index in [1.165, 1.54) is 0 Å². The molecule has 1 aromatic carbocycles. The van der Waals surface area contributed by atoms with Gasteiger partial charge >= 0.3 is 0 Å². The molecule has 0 amide bonds. The second-order valence-electron chi connectivity index (χ2n) is 4.27. The maximum absolute atomic E-state index is 6.17. The summed E-state index contributed by atoms with van der Waals surface area (Å²) in [5.41, 5.74) is 8.35. The fraction of sp³-hybridized carbons (Fsp3) is 0.214. The van der Waals surface area contributed by atoms with Crippen LogP contribution >= 0.6 is 0 Å². The Morgan fingerprint density at radius 2 is 2.06 bits per heavy atom. The first-order valence-electron chi connectivity index (χ1n) is 5.75. The van der Waals surface area contributed by atoms with Crippen molar-refractivity contribution in [1.82, 2.24) is 4.98 Å². The molecule has 0 aliphatic carbocycles. The first-order chi connectivity index (χ1) is 8.34. The number of benzene rings is 1. The van der Waals surface area contributed by atoms with Gasteiger partial charge in [-0.3, -0.25) is 4.98 Å². The number of nitrogens with two attached hydrogens (primary N) is 1. The second-order valence-corrected chi connectivity index (χ2v) is 4.27. The number of nitrogens with zero attached hydrogens (tertiary/aromatic N) is 1. The molecular weight excluding hydrogens is 212 g/mol. The number of fused-ring (bicyclic) bond motifs is 1. The summed E-state index contributed by atoms with van der Waals surface area (Å²) in [5.74, 6) is 0.889. The fourth-order valence-electron chi connectivity index (χ4n) is 2.22. The Hall–Kier alpha value is -1.87. The molecule has 3 heteroatoms. The Morgan fingerprint density at radius 3 is 2.88 bits per heavy atom. The van der Waals surface area contributed by atoms with Gasteiger partial charge in [-0.1, -0.05) is 24.3 Å². The minimum Gasteiger partial charge on any atom is -0.485 e. The molecule has 17 heavy (non-hydrogen) atoms. The van der Waals surface area contributed by atoms with Crippen molar-refractivity contribution in [3.8, 4) is 5.75 Å². The zero-order valence-electron chi connectivity index (χ0n) is 9.41. The van der Waals surface area contributed by atoms with Crippen LogP contribution in [0.25, 0.3) is 0 Å². The van der Waals surface area contributed by atoms with Gasteiger partial charge < -0.3 is 10.5 Å². The van der Waals surface area contributed by atoms with E-state index in [1.54, 1.807) is 6.20 Å². The molecule has 3 nitrogen and oxygen atoms in total. The Kier molecular flexibility index (Phi) is 2.53. The first-order valence-corrected chi connectivity index (χ1v) is 5.75. The van der Waals surface area contributed by atoms with E-state index in [-0.39, 0.29) is 12.1 Å². The van der Waals surface area contributed by atoms with Crippen molar-refractivity contribution in [2.75, 3.05) is 0 Å². The standard InChI is InChI=1S/C14H14N2O/c15-12-8-14(10-4-3-7-16-9-10)17-13-6-2-1-5-11(12)13/h1-7,9,12,14H,8,15H2/t12-,14?/m0/s1. The Bertz CT molecular complexity index is 513. The van der Waals surface area contributed by atoms with Crippen molar-refractivity contribution < 1.29 is 4.74 Å². The van der Waals surface area contributed by atoms with Crippen molar-refractivity contribution in [2.24, 2.45) is 5.73 Å². The summed E-state index contributed by atoms with van der Waals surface area (Å²) >= 11 is 0. The van der Waals surface area contributed by atoms with Crippen LogP contribution in [0.4, 0.5) is 0 Å². The maximum atomic E-state index is 6.17. The molecule has 2 atom stereocenters. The third-order valence-electron chi connectivity index (χ3n) is 3.11. The van der Waals surface area contributed by atoms with Crippen LogP contribution in [-0.4, -0.2) is 4.98 Å². The van der Waals surface area contributed by atoms with Gasteiger partial charge in [-0.15, -0.1) is 0 Å². The van der Waals surface area contributed by atoms with Crippen LogP contribution in [0.3, 0.4) is 0 Å². The first kappa shape index (κ1) is 10.3. The zero-order valence-corrected chi connectivity index (χ0v) is 9.41. The lowest BCUT2D eigenvalue weighted by Gasteiger charge is -2.30. The van der Waals surface area contributed by atoms with Gasteiger partial charge in [-0.2, -0.15) is 0 Å². The summed E-state index contributed by atoms with van der Waals surface area (Å²) in [6.45, 7) is 0. The number of ether oxygens (including phenoxy) is 1. The summed E-state index contributed by atoms with van der Waals surface area (Å²) in [5, 5.41) is 0. The van der Waals surface area contributed by atoms with Gasteiger partial charge in [-0.25, -0.2) is 0 Å². The van der Waals surface area contributed by atoms with E-state index >= 15 is 0 Å². The third-order valence-corrected chi connectivity index (χ3v) is 3.11. The van der Waals surface area contributed by atoms with E-state index < -0.39 is 0 Å². The third kappa shape index (κ3) is 1.89. The highest BCUT2D eigenvalue weighted by Gasteiger charge is 2.26. The van der Waals surface area contributed by atoms with E-state index in [0.717, 1.165) is 23.3 Å². The predicted octanol–water partition coefficient (Wildman–Crippen LogP) is 2.61. The summed E-state index contributed by atoms with van der Waals surface area (Å²) in [6.07, 6.45) is 4.41. The molecule has 0 saturated heterocycles. The topological polar surface area (TPSA) is 48.1 Å². The van der Waals surface area contributed by atoms with Crippen molar-refractivity contribution in [3.05, 3.63) is 59.9 Å². The molecule has 1 aliphatic rings. The highest BCUT2D eigenvalue weighted by molar-refractivity contribution is 5.38. The van der Waals surface area contributed by atoms with Crippen molar-refractivity contribution >= 4 is 0 Å². The largest absolute Gasteiger partial charge is 0.485 e. The van der Waals surface area contributed by atoms with Crippen molar-refractivity contribution in [2.45, 2.75) is 18.6 Å². The second kappa shape index (κ2) is 4.18. The number of rotatable bonds is 1. The van der Waals surface area contributed by atoms with Gasteiger partial charge in [0.25, 0.3) is 0 Å². The highest BCUT2D eigenvalue weighted by Crippen LogP contribution is 2.38. The highest BCUT2D eigenvalue weighted by atomic mass is 16.5. The lowest BCUT2D eigenvalue weighted by atomic mass is 9.94. The Morgan fingerprint density at radius 1 is 1.18 bits per heavy atom. The number of aromatic nitrogens is 1. The summed E-state index contributed by atoms with van der Waals surface area (Å²) < 4.78 is 5.97. The van der Waals surface area contributed by atoms with Crippen LogP contribution in [-0.2, 0) is 0 Å². The van der Waals surface area contributed by atoms with Gasteiger partial charge in [0.2, 0.25) is 0 Å². The average Bonchev–Trinajstić information content (AvgIpc) is 2.40. The quantitative estimate of drug-likeness (QED) is 0.813. The molecule has 3 rings (SSSR count). The smallest absolute Gasteiger partial charge is 0.127 e. The van der Waals surface area contributed by atoms with Gasteiger partial charge in [0, 0.05) is 36.0 Å². The molecule has 0 saturated carbocycles. The van der Waals surface area contributed by atoms with Gasteiger partial charge in [0.1, 0.15) is 11.9 Å². The maximum Gasteiger partial charge on any atom is 0.127 e. The Balaban J connectivity index is 1.94. The monoisotopic (exact) mass is 226 g/mol. The van der Waals surface area contributed by atoms with E-state index in [4.69, 9.17) is 10.5 Å². The van der Waals surface area contributed by atoms with Crippen LogP contribution in [0.5, 0.6) is 5.75 Å². The number of pyridine rings is 1. The number of hydrogen-bond acceptors (Lipinski definition) is 3. The average molecular weight is 226 g/mol. The molecule has 2 aromatic rings. The molecule has 0 spiro atoms. The van der Waals surface area contributed by atoms with Crippen LogP contribution in [0.15, 0.2) is 48.8 Å². The van der Waals surface area contributed by atoms with E-state index in [1.807, 2.05) is 42.6 Å². The summed E-state index contributed by atoms with van der Waals surface area (Å²) in [4.78, 5) is 4.12. The number of hydrogen-bond donors (Lipinski definition) is 1. The molecule has 1 unspecified atom stereocenters. The van der Waals surface area contributed by atoms with E-state index in [2.05, 4.69) is 4.98 Å². The van der Waals surface area contributed by atoms with E-state index in [9.17, 15) is 0 Å². The molecule has 0 bridgehead atoms. The minimum atomic E-state index is 0.00796. The van der Waals surface area contributed by atoms with Gasteiger partial charge in [0.05, 0.1) is 0 Å². The van der Waals surface area contributed by atoms with Gasteiger partial charge in [0.15, 0.2) is 0 Å². The molecular formula is C14H14N2O. The van der Waals surface area contributed by atoms with Crippen molar-refractivity contribution in [3.63, 3.8) is 0 Å². The SMILES string of the molecule is N[C@H]1CC(c2cccnc2)Oc2ccccc21. The number of para-hydroxylation sites is 1. The lowest BCUT2D eigenvalue weighted by Crippen LogP contribution is -2.24. The molecule has 1 aromatic heterocycles. The molecule has 2 heterocycles. The van der Waals surface area contributed by atoms with Gasteiger partial charge in [-0.05, 0) is 12.1 Å². The summed E-state index contributed by atoms with van der Waals surface area (Å²) in [6, 6.07) is 11.9. The van der Waals surface area contributed by atoms with Crippen molar-refractivity contribution in [1.29, 1.82) is 0 Å². The Labute approximate surface area is 100 Å². The molecule has 0 radical (unpaired) electrons. The normalized spacial score (nSPS) is 22.6. The molecule has 0 fully saturated rings. The minimum absolute atomic E-state index is 0.00796. The summed E-state index contributed by atoms with van der Waals surface area (Å²) in [7, 11) is 0. The van der Waals surface area contributed by atoms with Crippen LogP contribution in [0.2, 0.25) is 0 Å². The van der Waals surface area contributed by atoms with Crippen LogP contribution in [0.1, 0.15) is 29.7 Å². The van der Waals surface area contributed by atoms with Crippen LogP contribution < -0.4 is 10.5 Å². The van der Waals surface area contributed by atoms with E-state index in [0.29, 0.717) is 0 Å². The predicted molar refractivity (Wildman–Crippen MR) is 65.6 cm³/mol.